The van der Waals surface area contributed by atoms with Gasteiger partial charge in [0.1, 0.15) is 5.69 Å². The zero-order valence-electron chi connectivity index (χ0n) is 39.5. The summed E-state index contributed by atoms with van der Waals surface area (Å²) in [6, 6.07) is 71.1. The van der Waals surface area contributed by atoms with E-state index >= 15 is 0 Å². The molecule has 3 heterocycles. The van der Waals surface area contributed by atoms with E-state index in [0.717, 1.165) is 79.9 Å². The fourth-order valence-corrected chi connectivity index (χ4v) is 10.2. The third kappa shape index (κ3) is 8.08. The Morgan fingerprint density at radius 2 is 1.14 bits per heavy atom. The number of hydrogen-bond acceptors (Lipinski definition) is 5. The van der Waals surface area contributed by atoms with E-state index in [9.17, 15) is 0 Å². The van der Waals surface area contributed by atoms with Crippen LogP contribution in [0.3, 0.4) is 0 Å². The summed E-state index contributed by atoms with van der Waals surface area (Å²) in [5.41, 5.74) is 25.0. The molecule has 7 heteroatoms. The number of allylic oxidation sites excluding steroid dienone is 5. The summed E-state index contributed by atoms with van der Waals surface area (Å²) in [7, 11) is 0. The van der Waals surface area contributed by atoms with Crippen LogP contribution in [-0.4, -0.2) is 25.3 Å². The number of fused-ring (bicyclic) bond motifs is 6. The minimum absolute atomic E-state index is 0.427. The van der Waals surface area contributed by atoms with E-state index in [1.165, 1.54) is 39.1 Å². The van der Waals surface area contributed by atoms with Gasteiger partial charge in [0.2, 0.25) is 0 Å². The Balaban J connectivity index is 0.947. The first-order valence-electron chi connectivity index (χ1n) is 24.3. The lowest BCUT2D eigenvalue weighted by Gasteiger charge is -2.16. The predicted octanol–water partition coefficient (Wildman–Crippen LogP) is 15.6. The molecule has 0 aliphatic heterocycles. The van der Waals surface area contributed by atoms with Crippen molar-refractivity contribution in [3.05, 3.63) is 265 Å². The van der Waals surface area contributed by atoms with Crippen LogP contribution in [0.1, 0.15) is 40.1 Å². The number of rotatable bonds is 12. The highest BCUT2D eigenvalue weighted by molar-refractivity contribution is 6.09. The standard InChI is InChI=1S/C65H49N7/c1-43(44-17-4-2-5-18-44)39-49(41-57(67)48-19-16-22-52(40-48)72-61-29-14-10-25-55(61)56-26-11-15-30-62(56)72)45-31-33-46(34-32-45)64-63(69-58(42-66)65(70-64)68-50-20-6-3-7-21-50)47-35-37-51(38-36-47)71-59-27-12-8-23-53(59)54-24-9-13-28-60(54)71/h2-10,12-25,27-42,66H,1,11,26,67H2,(H,68,70)/b49-39+,57-41-,66-42?. The van der Waals surface area contributed by atoms with Crippen LogP contribution in [-0.2, 0) is 6.42 Å². The molecule has 0 atom stereocenters. The summed E-state index contributed by atoms with van der Waals surface area (Å²) in [4.78, 5) is 10.4. The van der Waals surface area contributed by atoms with Gasteiger partial charge in [0.15, 0.2) is 5.82 Å². The summed E-state index contributed by atoms with van der Waals surface area (Å²) < 4.78 is 4.66. The molecule has 344 valence electrons. The van der Waals surface area contributed by atoms with Gasteiger partial charge in [-0.15, -0.1) is 0 Å². The molecular weight excluding hydrogens is 879 g/mol. The Morgan fingerprint density at radius 3 is 1.82 bits per heavy atom. The summed E-state index contributed by atoms with van der Waals surface area (Å²) in [6.07, 6.45) is 12.0. The maximum absolute atomic E-state index is 8.49. The first kappa shape index (κ1) is 43.7. The predicted molar refractivity (Wildman–Crippen MR) is 301 cm³/mol. The Morgan fingerprint density at radius 1 is 0.556 bits per heavy atom. The van der Waals surface area contributed by atoms with Crippen molar-refractivity contribution < 1.29 is 0 Å². The molecule has 3 aromatic heterocycles. The topological polar surface area (TPSA) is 97.5 Å². The fraction of sp³-hybridized carbons (Fsp3) is 0.0308. The lowest BCUT2D eigenvalue weighted by molar-refractivity contribution is 0.967. The molecule has 72 heavy (non-hydrogen) atoms. The zero-order valence-corrected chi connectivity index (χ0v) is 39.5. The molecule has 0 radical (unpaired) electrons. The van der Waals surface area contributed by atoms with Crippen LogP contribution in [0.2, 0.25) is 0 Å². The summed E-state index contributed by atoms with van der Waals surface area (Å²) in [5, 5.41) is 15.6. The van der Waals surface area contributed by atoms with Crippen molar-refractivity contribution in [3.8, 4) is 33.9 Å². The summed E-state index contributed by atoms with van der Waals surface area (Å²) in [6.45, 7) is 4.51. The van der Waals surface area contributed by atoms with E-state index in [-0.39, 0.29) is 0 Å². The molecular formula is C65H49N7. The van der Waals surface area contributed by atoms with Gasteiger partial charge in [0.05, 0.1) is 27.9 Å². The molecule has 11 aromatic rings. The van der Waals surface area contributed by atoms with Crippen molar-refractivity contribution >= 4 is 73.3 Å². The minimum Gasteiger partial charge on any atom is -0.398 e. The third-order valence-corrected chi connectivity index (χ3v) is 13.6. The first-order valence-corrected chi connectivity index (χ1v) is 24.3. The monoisotopic (exact) mass is 927 g/mol. The third-order valence-electron chi connectivity index (χ3n) is 13.6. The Labute approximate surface area is 418 Å². The summed E-state index contributed by atoms with van der Waals surface area (Å²) in [5.74, 6) is 0.489. The number of nitrogens with one attached hydrogen (secondary N) is 2. The van der Waals surface area contributed by atoms with Gasteiger partial charge in [0.25, 0.3) is 0 Å². The largest absolute Gasteiger partial charge is 0.398 e. The maximum atomic E-state index is 8.49. The zero-order chi connectivity index (χ0) is 48.5. The second-order valence-corrected chi connectivity index (χ2v) is 18.1. The lowest BCUT2D eigenvalue weighted by Crippen LogP contribution is -2.05. The Hall–Kier alpha value is -9.59. The number of benzene rings is 8. The number of aromatic nitrogens is 4. The van der Waals surface area contributed by atoms with Gasteiger partial charge in [-0.25, -0.2) is 9.97 Å². The summed E-state index contributed by atoms with van der Waals surface area (Å²) >= 11 is 0. The van der Waals surface area contributed by atoms with E-state index in [1.54, 1.807) is 0 Å². The molecule has 0 saturated carbocycles. The van der Waals surface area contributed by atoms with Crippen molar-refractivity contribution in [3.63, 3.8) is 0 Å². The molecule has 0 fully saturated rings. The van der Waals surface area contributed by atoms with Gasteiger partial charge >= 0.3 is 0 Å². The highest BCUT2D eigenvalue weighted by atomic mass is 15.0. The molecule has 8 aromatic carbocycles. The van der Waals surface area contributed by atoms with E-state index < -0.39 is 0 Å². The Kier molecular flexibility index (Phi) is 11.4. The van der Waals surface area contributed by atoms with E-state index in [0.29, 0.717) is 28.6 Å². The maximum Gasteiger partial charge on any atom is 0.158 e. The van der Waals surface area contributed by atoms with Crippen LogP contribution in [0, 0.1) is 5.41 Å². The normalized spacial score (nSPS) is 12.6. The highest BCUT2D eigenvalue weighted by Gasteiger charge is 2.21. The molecule has 0 bridgehead atoms. The first-order chi connectivity index (χ1) is 35.5. The van der Waals surface area contributed by atoms with Crippen LogP contribution in [0.5, 0.6) is 0 Å². The second-order valence-electron chi connectivity index (χ2n) is 18.1. The van der Waals surface area contributed by atoms with Gasteiger partial charge in [0, 0.05) is 62.0 Å². The number of anilines is 2. The molecule has 0 saturated heterocycles. The smallest absolute Gasteiger partial charge is 0.158 e. The molecule has 0 spiro atoms. The molecule has 4 N–H and O–H groups in total. The van der Waals surface area contributed by atoms with E-state index in [4.69, 9.17) is 21.1 Å². The van der Waals surface area contributed by atoms with E-state index in [2.05, 4.69) is 203 Å². The van der Waals surface area contributed by atoms with Gasteiger partial charge < -0.3 is 25.6 Å². The highest BCUT2D eigenvalue weighted by Crippen LogP contribution is 2.38. The van der Waals surface area contributed by atoms with Gasteiger partial charge in [-0.2, -0.15) is 0 Å². The van der Waals surface area contributed by atoms with Gasteiger partial charge in [-0.1, -0.05) is 164 Å². The van der Waals surface area contributed by atoms with Crippen molar-refractivity contribution in [1.82, 2.24) is 19.1 Å². The number of aryl methyl sites for hydroxylation is 1. The SMILES string of the molecule is C=C(/C=C(\C=C(/N)c1cccc(-n2c3c(c4ccccc42)CCC=C3)c1)c1ccc(-c2nc(Nc3ccccc3)c(C=N)nc2-c2ccc(-n3c4ccccc4c4ccccc43)cc2)cc1)c1ccccc1. The molecule has 1 aliphatic carbocycles. The van der Waals surface area contributed by atoms with Gasteiger partial charge in [-0.3, -0.25) is 0 Å². The number of nitrogens with zero attached hydrogens (tertiary/aromatic N) is 4. The van der Waals surface area contributed by atoms with Crippen LogP contribution in [0.4, 0.5) is 11.5 Å². The fourth-order valence-electron chi connectivity index (χ4n) is 10.2. The molecule has 1 aliphatic rings. The molecule has 0 unspecified atom stereocenters. The number of para-hydroxylation sites is 4. The second kappa shape index (κ2) is 18.7. The van der Waals surface area contributed by atoms with Crippen molar-refractivity contribution in [2.24, 2.45) is 5.73 Å². The van der Waals surface area contributed by atoms with Crippen molar-refractivity contribution in [2.75, 3.05) is 5.32 Å². The molecule has 0 amide bonds. The lowest BCUT2D eigenvalue weighted by atomic mass is 9.96. The van der Waals surface area contributed by atoms with Crippen molar-refractivity contribution in [1.29, 1.82) is 5.41 Å². The van der Waals surface area contributed by atoms with Crippen LogP contribution >= 0.6 is 0 Å². The Bertz CT molecular complexity index is 3910. The minimum atomic E-state index is 0.427. The average Bonchev–Trinajstić information content (AvgIpc) is 3.97. The molecule has 12 rings (SSSR count). The van der Waals surface area contributed by atoms with E-state index in [1.807, 2.05) is 48.5 Å². The van der Waals surface area contributed by atoms with Crippen LogP contribution in [0.15, 0.2) is 231 Å². The quantitative estimate of drug-likeness (QED) is 0.0840. The average molecular weight is 928 g/mol. The van der Waals surface area contributed by atoms with Gasteiger partial charge in [-0.05, 0) is 119 Å². The number of nitrogens with two attached hydrogens (primary N) is 1. The van der Waals surface area contributed by atoms with Crippen LogP contribution in [0.25, 0.3) is 89.5 Å². The molecule has 7 nitrogen and oxygen atoms in total. The van der Waals surface area contributed by atoms with Crippen molar-refractivity contribution in [2.45, 2.75) is 12.8 Å². The number of hydrogen-bond donors (Lipinski definition) is 3. The van der Waals surface area contributed by atoms with Crippen LogP contribution < -0.4 is 11.1 Å².